The summed E-state index contributed by atoms with van der Waals surface area (Å²) in [5.74, 6) is 0. The van der Waals surface area contributed by atoms with E-state index in [-0.39, 0.29) is 0 Å². The van der Waals surface area contributed by atoms with Gasteiger partial charge >= 0.3 is 0 Å². The molecule has 1 aromatic rings. The summed E-state index contributed by atoms with van der Waals surface area (Å²) in [6.45, 7) is 8.03. The maximum absolute atomic E-state index is 5.30. The van der Waals surface area contributed by atoms with Crippen LogP contribution in [0.1, 0.15) is 50.1 Å². The fraction of sp³-hybridized carbons (Fsp3) is 0.800. The van der Waals surface area contributed by atoms with Gasteiger partial charge in [0.1, 0.15) is 0 Å². The van der Waals surface area contributed by atoms with Crippen molar-refractivity contribution in [2.75, 3.05) is 25.1 Å². The number of aromatic nitrogens is 1. The number of methoxy groups -OCH3 is 1. The van der Waals surface area contributed by atoms with Crippen molar-refractivity contribution in [2.24, 2.45) is 0 Å². The predicted molar refractivity (Wildman–Crippen MR) is 85.5 cm³/mol. The maximum Gasteiger partial charge on any atom is 0.186 e. The van der Waals surface area contributed by atoms with Crippen LogP contribution in [0.3, 0.4) is 0 Å². The van der Waals surface area contributed by atoms with Crippen molar-refractivity contribution in [1.82, 2.24) is 10.3 Å². The highest BCUT2D eigenvalue weighted by molar-refractivity contribution is 7.15. The van der Waals surface area contributed by atoms with Gasteiger partial charge in [-0.25, -0.2) is 4.98 Å². The molecule has 20 heavy (non-hydrogen) atoms. The SMILES string of the molecule is CCCCN(c1nc(COC)c(CNCC)s1)C1CC1. The number of ether oxygens (including phenoxy) is 1. The van der Waals surface area contributed by atoms with E-state index in [2.05, 4.69) is 24.1 Å². The molecule has 1 aromatic heterocycles. The smallest absolute Gasteiger partial charge is 0.186 e. The summed E-state index contributed by atoms with van der Waals surface area (Å²) < 4.78 is 5.30. The van der Waals surface area contributed by atoms with Gasteiger partial charge in [-0.1, -0.05) is 20.3 Å². The van der Waals surface area contributed by atoms with E-state index in [0.29, 0.717) is 6.61 Å². The van der Waals surface area contributed by atoms with Gasteiger partial charge in [-0.2, -0.15) is 0 Å². The molecule has 114 valence electrons. The highest BCUT2D eigenvalue weighted by atomic mass is 32.1. The molecule has 0 aliphatic heterocycles. The second-order valence-corrected chi connectivity index (χ2v) is 6.42. The van der Waals surface area contributed by atoms with E-state index in [0.717, 1.165) is 31.4 Å². The number of nitrogens with one attached hydrogen (secondary N) is 1. The highest BCUT2D eigenvalue weighted by Crippen LogP contribution is 2.35. The van der Waals surface area contributed by atoms with E-state index in [1.54, 1.807) is 7.11 Å². The number of anilines is 1. The molecule has 4 nitrogen and oxygen atoms in total. The number of nitrogens with zero attached hydrogens (tertiary/aromatic N) is 2. The Labute approximate surface area is 126 Å². The summed E-state index contributed by atoms with van der Waals surface area (Å²) in [7, 11) is 1.74. The minimum Gasteiger partial charge on any atom is -0.378 e. The first-order chi connectivity index (χ1) is 9.80. The summed E-state index contributed by atoms with van der Waals surface area (Å²) >= 11 is 1.84. The molecule has 0 bridgehead atoms. The third-order valence-electron chi connectivity index (χ3n) is 3.57. The quantitative estimate of drug-likeness (QED) is 0.720. The number of hydrogen-bond acceptors (Lipinski definition) is 5. The van der Waals surface area contributed by atoms with E-state index in [1.165, 1.54) is 35.7 Å². The Morgan fingerprint density at radius 2 is 2.20 bits per heavy atom. The van der Waals surface area contributed by atoms with Crippen LogP contribution >= 0.6 is 11.3 Å². The molecule has 5 heteroatoms. The molecule has 1 aliphatic carbocycles. The second-order valence-electron chi connectivity index (χ2n) is 5.36. The number of hydrogen-bond donors (Lipinski definition) is 1. The Balaban J connectivity index is 2.11. The lowest BCUT2D eigenvalue weighted by Gasteiger charge is -2.20. The number of rotatable bonds is 10. The van der Waals surface area contributed by atoms with Crippen molar-refractivity contribution >= 4 is 16.5 Å². The van der Waals surface area contributed by atoms with Crippen LogP contribution in [0.4, 0.5) is 5.13 Å². The lowest BCUT2D eigenvalue weighted by atomic mass is 10.3. The summed E-state index contributed by atoms with van der Waals surface area (Å²) in [4.78, 5) is 8.69. The summed E-state index contributed by atoms with van der Waals surface area (Å²) in [5, 5.41) is 4.60. The third kappa shape index (κ3) is 4.17. The van der Waals surface area contributed by atoms with Gasteiger partial charge < -0.3 is 15.0 Å². The van der Waals surface area contributed by atoms with Crippen molar-refractivity contribution in [1.29, 1.82) is 0 Å². The molecule has 0 amide bonds. The molecule has 1 heterocycles. The van der Waals surface area contributed by atoms with Gasteiger partial charge in [0.25, 0.3) is 0 Å². The molecule has 1 N–H and O–H groups in total. The van der Waals surface area contributed by atoms with Crippen LogP contribution < -0.4 is 10.2 Å². The molecule has 0 saturated heterocycles. The summed E-state index contributed by atoms with van der Waals surface area (Å²) in [5.41, 5.74) is 1.11. The van der Waals surface area contributed by atoms with Gasteiger partial charge in [-0.15, -0.1) is 11.3 Å². The van der Waals surface area contributed by atoms with Gasteiger partial charge in [-0.3, -0.25) is 0 Å². The molecule has 1 saturated carbocycles. The molecule has 0 spiro atoms. The van der Waals surface area contributed by atoms with E-state index in [4.69, 9.17) is 9.72 Å². The molecular formula is C15H27N3OS. The first kappa shape index (κ1) is 15.7. The van der Waals surface area contributed by atoms with Gasteiger partial charge in [0, 0.05) is 31.1 Å². The lowest BCUT2D eigenvalue weighted by Crippen LogP contribution is -2.26. The first-order valence-corrected chi connectivity index (χ1v) is 8.56. The highest BCUT2D eigenvalue weighted by Gasteiger charge is 2.31. The van der Waals surface area contributed by atoms with E-state index >= 15 is 0 Å². The fourth-order valence-electron chi connectivity index (χ4n) is 2.27. The molecule has 1 aliphatic rings. The minimum atomic E-state index is 0.615. The molecule has 1 fully saturated rings. The van der Waals surface area contributed by atoms with Crippen LogP contribution in [0.15, 0.2) is 0 Å². The third-order valence-corrected chi connectivity index (χ3v) is 4.70. The molecule has 2 rings (SSSR count). The summed E-state index contributed by atoms with van der Waals surface area (Å²) in [6, 6.07) is 0.732. The maximum atomic E-state index is 5.30. The van der Waals surface area contributed by atoms with Gasteiger partial charge in [0.2, 0.25) is 0 Å². The van der Waals surface area contributed by atoms with E-state index < -0.39 is 0 Å². The van der Waals surface area contributed by atoms with Crippen molar-refractivity contribution in [2.45, 2.75) is 58.7 Å². The van der Waals surface area contributed by atoms with Crippen LogP contribution in [0.2, 0.25) is 0 Å². The van der Waals surface area contributed by atoms with Crippen LogP contribution in [0.5, 0.6) is 0 Å². The Morgan fingerprint density at radius 1 is 1.40 bits per heavy atom. The van der Waals surface area contributed by atoms with Crippen LogP contribution in [0.25, 0.3) is 0 Å². The minimum absolute atomic E-state index is 0.615. The van der Waals surface area contributed by atoms with Gasteiger partial charge in [0.15, 0.2) is 5.13 Å². The van der Waals surface area contributed by atoms with Crippen molar-refractivity contribution in [3.63, 3.8) is 0 Å². The van der Waals surface area contributed by atoms with Crippen LogP contribution in [-0.4, -0.2) is 31.2 Å². The van der Waals surface area contributed by atoms with E-state index in [9.17, 15) is 0 Å². The molecular weight excluding hydrogens is 270 g/mol. The van der Waals surface area contributed by atoms with Crippen molar-refractivity contribution in [3.8, 4) is 0 Å². The van der Waals surface area contributed by atoms with Gasteiger partial charge in [-0.05, 0) is 25.8 Å². The molecule has 0 unspecified atom stereocenters. The normalized spacial score (nSPS) is 14.8. The standard InChI is InChI=1S/C15H27N3OS/c1-4-6-9-18(12-7-8-12)15-17-13(11-19-3)14(20-15)10-16-5-2/h12,16H,4-11H2,1-3H3. The monoisotopic (exact) mass is 297 g/mol. The lowest BCUT2D eigenvalue weighted by molar-refractivity contribution is 0.181. The Bertz CT molecular complexity index is 404. The van der Waals surface area contributed by atoms with Crippen molar-refractivity contribution in [3.05, 3.63) is 10.6 Å². The Morgan fingerprint density at radius 3 is 2.80 bits per heavy atom. The average Bonchev–Trinajstić information content (AvgIpc) is 3.20. The predicted octanol–water partition coefficient (Wildman–Crippen LogP) is 3.17. The molecule has 0 radical (unpaired) electrons. The zero-order valence-corrected chi connectivity index (χ0v) is 13.8. The second kappa shape index (κ2) is 7.96. The first-order valence-electron chi connectivity index (χ1n) is 7.75. The topological polar surface area (TPSA) is 37.4 Å². The zero-order valence-electron chi connectivity index (χ0n) is 12.9. The summed E-state index contributed by atoms with van der Waals surface area (Å²) in [6.07, 6.45) is 5.14. The Kier molecular flexibility index (Phi) is 6.26. The average molecular weight is 297 g/mol. The Hall–Kier alpha value is -0.650. The molecule has 0 atom stereocenters. The molecule has 0 aromatic carbocycles. The van der Waals surface area contributed by atoms with E-state index in [1.807, 2.05) is 11.3 Å². The zero-order chi connectivity index (χ0) is 14.4. The van der Waals surface area contributed by atoms with Crippen LogP contribution in [-0.2, 0) is 17.9 Å². The van der Waals surface area contributed by atoms with Crippen molar-refractivity contribution < 1.29 is 4.74 Å². The number of unbranched alkanes of at least 4 members (excludes halogenated alkanes) is 1. The largest absolute Gasteiger partial charge is 0.378 e. The fourth-order valence-corrected chi connectivity index (χ4v) is 3.40. The van der Waals surface area contributed by atoms with Crippen LogP contribution in [0, 0.1) is 0 Å². The number of thiazole rings is 1. The van der Waals surface area contributed by atoms with Gasteiger partial charge in [0.05, 0.1) is 12.3 Å².